The number of nitrogen functional groups attached to an aromatic ring is 1. The van der Waals surface area contributed by atoms with Gasteiger partial charge in [-0.05, 0) is 24.1 Å². The Morgan fingerprint density at radius 3 is 2.53 bits per heavy atom. The third-order valence-corrected chi connectivity index (χ3v) is 3.21. The predicted molar refractivity (Wildman–Crippen MR) is 74.7 cm³/mol. The van der Waals surface area contributed by atoms with E-state index in [1.54, 1.807) is 13.3 Å². The molecule has 0 bridgehead atoms. The van der Waals surface area contributed by atoms with Gasteiger partial charge in [0.15, 0.2) is 0 Å². The lowest BCUT2D eigenvalue weighted by Gasteiger charge is -2.30. The highest BCUT2D eigenvalue weighted by Crippen LogP contribution is 2.34. The van der Waals surface area contributed by atoms with Crippen molar-refractivity contribution in [2.45, 2.75) is 12.5 Å². The van der Waals surface area contributed by atoms with Gasteiger partial charge in [0.25, 0.3) is 0 Å². The molecule has 0 spiro atoms. The fourth-order valence-electron chi connectivity index (χ4n) is 2.34. The fourth-order valence-corrected chi connectivity index (χ4v) is 2.34. The van der Waals surface area contributed by atoms with Crippen molar-refractivity contribution in [2.24, 2.45) is 0 Å². The van der Waals surface area contributed by atoms with Gasteiger partial charge in [0.1, 0.15) is 11.4 Å². The predicted octanol–water partition coefficient (Wildman–Crippen LogP) is 1.85. The number of pyridine rings is 1. The molecule has 0 fully saturated rings. The number of nitrogens with zero attached hydrogens (tertiary/aromatic N) is 1. The van der Waals surface area contributed by atoms with Crippen LogP contribution < -0.4 is 5.73 Å². The highest BCUT2D eigenvalue weighted by atomic mass is 16.5. The first kappa shape index (κ1) is 13.5. The molecule has 4 nitrogen and oxygen atoms in total. The SMILES string of the molecule is COCC(O)(c1ccccc1)c1c(C)ccnc1N. The molecule has 0 aliphatic carbocycles. The van der Waals surface area contributed by atoms with Gasteiger partial charge in [-0.15, -0.1) is 0 Å². The van der Waals surface area contributed by atoms with E-state index >= 15 is 0 Å². The highest BCUT2D eigenvalue weighted by molar-refractivity contribution is 5.52. The van der Waals surface area contributed by atoms with Gasteiger partial charge in [-0.1, -0.05) is 30.3 Å². The van der Waals surface area contributed by atoms with Crippen LogP contribution in [0.3, 0.4) is 0 Å². The first-order valence-corrected chi connectivity index (χ1v) is 6.08. The number of hydrogen-bond donors (Lipinski definition) is 2. The first-order chi connectivity index (χ1) is 9.09. The Bertz CT molecular complexity index is 537. The molecule has 0 radical (unpaired) electrons. The van der Waals surface area contributed by atoms with E-state index in [1.807, 2.05) is 43.3 Å². The van der Waals surface area contributed by atoms with Crippen LogP contribution in [0, 0.1) is 6.92 Å². The number of methoxy groups -OCH3 is 1. The maximum absolute atomic E-state index is 11.1. The van der Waals surface area contributed by atoms with E-state index in [9.17, 15) is 5.11 Å². The number of aryl methyl sites for hydroxylation is 1. The Morgan fingerprint density at radius 2 is 1.95 bits per heavy atom. The van der Waals surface area contributed by atoms with E-state index in [0.717, 1.165) is 11.1 Å². The van der Waals surface area contributed by atoms with E-state index in [4.69, 9.17) is 10.5 Å². The molecule has 0 aliphatic heterocycles. The molecule has 2 aromatic rings. The molecule has 19 heavy (non-hydrogen) atoms. The Hall–Kier alpha value is -1.91. The highest BCUT2D eigenvalue weighted by Gasteiger charge is 2.35. The third kappa shape index (κ3) is 2.45. The van der Waals surface area contributed by atoms with Crippen LogP contribution in [0.5, 0.6) is 0 Å². The second kappa shape index (κ2) is 5.38. The Labute approximate surface area is 112 Å². The minimum atomic E-state index is -1.29. The second-order valence-electron chi connectivity index (χ2n) is 4.55. The van der Waals surface area contributed by atoms with Gasteiger partial charge in [-0.3, -0.25) is 0 Å². The number of ether oxygens (including phenoxy) is 1. The number of aromatic nitrogens is 1. The molecule has 1 unspecified atom stereocenters. The molecule has 3 N–H and O–H groups in total. The maximum Gasteiger partial charge on any atom is 0.142 e. The van der Waals surface area contributed by atoms with Gasteiger partial charge in [0.05, 0.1) is 6.61 Å². The van der Waals surface area contributed by atoms with E-state index in [-0.39, 0.29) is 6.61 Å². The van der Waals surface area contributed by atoms with Crippen molar-refractivity contribution in [3.8, 4) is 0 Å². The second-order valence-corrected chi connectivity index (χ2v) is 4.55. The summed E-state index contributed by atoms with van der Waals surface area (Å²) in [6.45, 7) is 2.02. The normalized spacial score (nSPS) is 14.1. The number of nitrogens with two attached hydrogens (primary N) is 1. The van der Waals surface area contributed by atoms with E-state index < -0.39 is 5.60 Å². The largest absolute Gasteiger partial charge is 0.383 e. The number of benzene rings is 1. The van der Waals surface area contributed by atoms with Crippen LogP contribution in [0.4, 0.5) is 5.82 Å². The Morgan fingerprint density at radius 1 is 1.26 bits per heavy atom. The molecule has 0 saturated carbocycles. The molecule has 0 saturated heterocycles. The minimum Gasteiger partial charge on any atom is -0.383 e. The van der Waals surface area contributed by atoms with Gasteiger partial charge < -0.3 is 15.6 Å². The summed E-state index contributed by atoms with van der Waals surface area (Å²) in [5, 5.41) is 11.1. The fraction of sp³-hybridized carbons (Fsp3) is 0.267. The van der Waals surface area contributed by atoms with Crippen LogP contribution >= 0.6 is 0 Å². The van der Waals surface area contributed by atoms with Crippen LogP contribution in [0.25, 0.3) is 0 Å². The topological polar surface area (TPSA) is 68.4 Å². The van der Waals surface area contributed by atoms with Crippen molar-refractivity contribution in [1.29, 1.82) is 0 Å². The Kier molecular flexibility index (Phi) is 3.83. The van der Waals surface area contributed by atoms with Crippen molar-refractivity contribution in [2.75, 3.05) is 19.5 Å². The summed E-state index contributed by atoms with van der Waals surface area (Å²) in [5.74, 6) is 0.323. The molecule has 1 heterocycles. The van der Waals surface area contributed by atoms with Gasteiger partial charge in [0.2, 0.25) is 0 Å². The van der Waals surface area contributed by atoms with Crippen LogP contribution in [0.15, 0.2) is 42.6 Å². The summed E-state index contributed by atoms with van der Waals surface area (Å²) in [6, 6.07) is 11.2. The molecular weight excluding hydrogens is 240 g/mol. The van der Waals surface area contributed by atoms with Gasteiger partial charge in [0, 0.05) is 18.9 Å². The number of aliphatic hydroxyl groups is 1. The van der Waals surface area contributed by atoms with E-state index in [2.05, 4.69) is 4.98 Å². The molecule has 4 heteroatoms. The zero-order valence-corrected chi connectivity index (χ0v) is 11.1. The standard InChI is InChI=1S/C15H18N2O2/c1-11-8-9-17-14(16)13(11)15(18,10-19-2)12-6-4-3-5-7-12/h3-9,18H,10H2,1-2H3,(H2,16,17). The van der Waals surface area contributed by atoms with E-state index in [0.29, 0.717) is 11.4 Å². The average molecular weight is 258 g/mol. The smallest absolute Gasteiger partial charge is 0.142 e. The lowest BCUT2D eigenvalue weighted by Crippen LogP contribution is -2.34. The first-order valence-electron chi connectivity index (χ1n) is 6.08. The maximum atomic E-state index is 11.1. The van der Waals surface area contributed by atoms with Crippen molar-refractivity contribution < 1.29 is 9.84 Å². The zero-order valence-electron chi connectivity index (χ0n) is 11.1. The van der Waals surface area contributed by atoms with Crippen LogP contribution in [-0.4, -0.2) is 23.8 Å². The van der Waals surface area contributed by atoms with Crippen molar-refractivity contribution in [1.82, 2.24) is 4.98 Å². The average Bonchev–Trinajstić information content (AvgIpc) is 2.40. The van der Waals surface area contributed by atoms with Crippen molar-refractivity contribution >= 4 is 5.82 Å². The molecule has 100 valence electrons. The van der Waals surface area contributed by atoms with Gasteiger partial charge in [-0.25, -0.2) is 4.98 Å². The molecule has 1 aromatic heterocycles. The molecule has 0 aliphatic rings. The number of hydrogen-bond acceptors (Lipinski definition) is 4. The third-order valence-electron chi connectivity index (χ3n) is 3.21. The van der Waals surface area contributed by atoms with Crippen LogP contribution in [0.1, 0.15) is 16.7 Å². The molecule has 2 rings (SSSR count). The van der Waals surface area contributed by atoms with Crippen LogP contribution in [0.2, 0.25) is 0 Å². The van der Waals surface area contributed by atoms with E-state index in [1.165, 1.54) is 0 Å². The summed E-state index contributed by atoms with van der Waals surface area (Å²) in [7, 11) is 1.55. The quantitative estimate of drug-likeness (QED) is 0.878. The number of anilines is 1. The number of rotatable bonds is 4. The molecule has 1 atom stereocenters. The van der Waals surface area contributed by atoms with Crippen LogP contribution in [-0.2, 0) is 10.3 Å². The molecule has 0 amide bonds. The van der Waals surface area contributed by atoms with Gasteiger partial charge in [-0.2, -0.15) is 0 Å². The lowest BCUT2D eigenvalue weighted by atomic mass is 9.85. The van der Waals surface area contributed by atoms with Gasteiger partial charge >= 0.3 is 0 Å². The summed E-state index contributed by atoms with van der Waals surface area (Å²) < 4.78 is 5.19. The zero-order chi connectivity index (χ0) is 13.9. The van der Waals surface area contributed by atoms with Crippen molar-refractivity contribution in [3.05, 3.63) is 59.3 Å². The summed E-state index contributed by atoms with van der Waals surface area (Å²) in [5.41, 5.74) is 6.88. The monoisotopic (exact) mass is 258 g/mol. The summed E-state index contributed by atoms with van der Waals surface area (Å²) in [4.78, 5) is 4.08. The van der Waals surface area contributed by atoms with Crippen molar-refractivity contribution in [3.63, 3.8) is 0 Å². The molecular formula is C15H18N2O2. The lowest BCUT2D eigenvalue weighted by molar-refractivity contribution is -0.00334. The minimum absolute atomic E-state index is 0.119. The Balaban J connectivity index is 2.63. The summed E-state index contributed by atoms with van der Waals surface area (Å²) in [6.07, 6.45) is 1.63. The summed E-state index contributed by atoms with van der Waals surface area (Å²) >= 11 is 0. The molecule has 1 aromatic carbocycles.